The number of carbonyl (C=O) groups is 1. The van der Waals surface area contributed by atoms with Crippen LogP contribution in [0.2, 0.25) is 0 Å². The Kier molecular flexibility index (Phi) is 2.48. The van der Waals surface area contributed by atoms with Crippen molar-refractivity contribution < 1.29 is 19.0 Å². The van der Waals surface area contributed by atoms with Gasteiger partial charge < -0.3 is 9.84 Å². The first-order valence-corrected chi connectivity index (χ1v) is 4.62. The van der Waals surface area contributed by atoms with Gasteiger partial charge in [0.2, 0.25) is 0 Å². The Hall–Kier alpha value is -2.10. The van der Waals surface area contributed by atoms with Crippen LogP contribution < -0.4 is 4.74 Å². The largest absolute Gasteiger partial charge is 0.497 e. The molecule has 0 bridgehead atoms. The van der Waals surface area contributed by atoms with Crippen LogP contribution in [0, 0.1) is 5.82 Å². The van der Waals surface area contributed by atoms with Gasteiger partial charge in [0.1, 0.15) is 11.6 Å². The van der Waals surface area contributed by atoms with Crippen molar-refractivity contribution in [3.05, 3.63) is 41.7 Å². The Morgan fingerprint density at radius 1 is 1.31 bits per heavy atom. The highest BCUT2D eigenvalue weighted by atomic mass is 19.1. The SMILES string of the molecule is COc1ccc2c(F)cc(C(=O)O)cc2c1. The van der Waals surface area contributed by atoms with Gasteiger partial charge in [-0.15, -0.1) is 0 Å². The summed E-state index contributed by atoms with van der Waals surface area (Å²) in [5.41, 5.74) is -0.0711. The highest BCUT2D eigenvalue weighted by molar-refractivity contribution is 5.95. The fraction of sp³-hybridized carbons (Fsp3) is 0.0833. The summed E-state index contributed by atoms with van der Waals surface area (Å²) < 4.78 is 18.5. The quantitative estimate of drug-likeness (QED) is 0.846. The Morgan fingerprint density at radius 3 is 2.69 bits per heavy atom. The average molecular weight is 220 g/mol. The summed E-state index contributed by atoms with van der Waals surface area (Å²) in [6.45, 7) is 0. The zero-order chi connectivity index (χ0) is 11.7. The highest BCUT2D eigenvalue weighted by Crippen LogP contribution is 2.24. The summed E-state index contributed by atoms with van der Waals surface area (Å²) in [5.74, 6) is -1.13. The van der Waals surface area contributed by atoms with Crippen molar-refractivity contribution >= 4 is 16.7 Å². The van der Waals surface area contributed by atoms with Crippen LogP contribution in [0.5, 0.6) is 5.75 Å². The van der Waals surface area contributed by atoms with Gasteiger partial charge >= 0.3 is 5.97 Å². The van der Waals surface area contributed by atoms with E-state index in [1.54, 1.807) is 18.2 Å². The predicted molar refractivity (Wildman–Crippen MR) is 57.4 cm³/mol. The molecule has 1 N–H and O–H groups in total. The van der Waals surface area contributed by atoms with Gasteiger partial charge in [-0.2, -0.15) is 0 Å². The molecule has 82 valence electrons. The van der Waals surface area contributed by atoms with Gasteiger partial charge in [-0.05, 0) is 35.7 Å². The van der Waals surface area contributed by atoms with Crippen molar-refractivity contribution in [2.45, 2.75) is 0 Å². The standard InChI is InChI=1S/C12H9FO3/c1-16-9-2-3-10-7(5-9)4-8(12(14)15)6-11(10)13/h2-6H,1H3,(H,14,15). The molecule has 0 aliphatic heterocycles. The number of rotatable bonds is 2. The summed E-state index contributed by atoms with van der Waals surface area (Å²) >= 11 is 0. The van der Waals surface area contributed by atoms with Gasteiger partial charge in [-0.25, -0.2) is 9.18 Å². The number of carboxylic acids is 1. The van der Waals surface area contributed by atoms with Crippen molar-refractivity contribution in [1.29, 1.82) is 0 Å². The topological polar surface area (TPSA) is 46.5 Å². The molecule has 0 amide bonds. The average Bonchev–Trinajstić information content (AvgIpc) is 2.28. The molecule has 0 spiro atoms. The van der Waals surface area contributed by atoms with Gasteiger partial charge in [0.25, 0.3) is 0 Å². The third-order valence-electron chi connectivity index (χ3n) is 2.36. The van der Waals surface area contributed by atoms with Crippen LogP contribution in [-0.2, 0) is 0 Å². The lowest BCUT2D eigenvalue weighted by atomic mass is 10.1. The normalized spacial score (nSPS) is 10.4. The van der Waals surface area contributed by atoms with E-state index < -0.39 is 11.8 Å². The number of carboxylic acid groups (broad SMARTS) is 1. The van der Waals surface area contributed by atoms with E-state index in [-0.39, 0.29) is 5.56 Å². The predicted octanol–water partition coefficient (Wildman–Crippen LogP) is 2.69. The number of aromatic carboxylic acids is 1. The second-order valence-electron chi connectivity index (χ2n) is 3.35. The minimum absolute atomic E-state index is 0.0711. The number of hydrogen-bond acceptors (Lipinski definition) is 2. The zero-order valence-electron chi connectivity index (χ0n) is 8.53. The summed E-state index contributed by atoms with van der Waals surface area (Å²) in [4.78, 5) is 10.8. The van der Waals surface area contributed by atoms with Gasteiger partial charge in [0, 0.05) is 5.39 Å². The molecule has 3 nitrogen and oxygen atoms in total. The lowest BCUT2D eigenvalue weighted by Crippen LogP contribution is -1.97. The van der Waals surface area contributed by atoms with Crippen molar-refractivity contribution in [3.63, 3.8) is 0 Å². The fourth-order valence-electron chi connectivity index (χ4n) is 1.55. The third-order valence-corrected chi connectivity index (χ3v) is 2.36. The molecule has 0 atom stereocenters. The third kappa shape index (κ3) is 1.69. The minimum Gasteiger partial charge on any atom is -0.497 e. The summed E-state index contributed by atoms with van der Waals surface area (Å²) in [7, 11) is 1.50. The van der Waals surface area contributed by atoms with E-state index in [1.807, 2.05) is 0 Å². The maximum atomic E-state index is 13.5. The number of ether oxygens (including phenoxy) is 1. The van der Waals surface area contributed by atoms with E-state index in [2.05, 4.69) is 0 Å². The second kappa shape index (κ2) is 3.81. The molecule has 0 aliphatic carbocycles. The van der Waals surface area contributed by atoms with Crippen LogP contribution in [0.25, 0.3) is 10.8 Å². The molecule has 2 aromatic rings. The van der Waals surface area contributed by atoms with Gasteiger partial charge in [0.05, 0.1) is 12.7 Å². The lowest BCUT2D eigenvalue weighted by molar-refractivity contribution is 0.0696. The summed E-state index contributed by atoms with van der Waals surface area (Å²) in [6.07, 6.45) is 0. The monoisotopic (exact) mass is 220 g/mol. The van der Waals surface area contributed by atoms with E-state index in [9.17, 15) is 9.18 Å². The Bertz CT molecular complexity index is 563. The van der Waals surface area contributed by atoms with Crippen LogP contribution in [-0.4, -0.2) is 18.2 Å². The second-order valence-corrected chi connectivity index (χ2v) is 3.35. The first-order chi connectivity index (χ1) is 7.61. The molecule has 2 aromatic carbocycles. The first kappa shape index (κ1) is 10.4. The van der Waals surface area contributed by atoms with Crippen LogP contribution in [0.15, 0.2) is 30.3 Å². The zero-order valence-corrected chi connectivity index (χ0v) is 8.53. The minimum atomic E-state index is -1.15. The van der Waals surface area contributed by atoms with Gasteiger partial charge in [-0.3, -0.25) is 0 Å². The Labute approximate surface area is 91.1 Å². The molecule has 0 heterocycles. The molecule has 4 heteroatoms. The highest BCUT2D eigenvalue weighted by Gasteiger charge is 2.09. The maximum Gasteiger partial charge on any atom is 0.335 e. The lowest BCUT2D eigenvalue weighted by Gasteiger charge is -2.04. The molecule has 0 radical (unpaired) electrons. The molecule has 0 aliphatic rings. The van der Waals surface area contributed by atoms with Crippen molar-refractivity contribution in [2.75, 3.05) is 7.11 Å². The number of hydrogen-bond donors (Lipinski definition) is 1. The van der Waals surface area contributed by atoms with E-state index in [1.165, 1.54) is 13.2 Å². The number of halogens is 1. The molecular formula is C12H9FO3. The van der Waals surface area contributed by atoms with Crippen LogP contribution in [0.4, 0.5) is 4.39 Å². The molecule has 0 saturated heterocycles. The first-order valence-electron chi connectivity index (χ1n) is 4.62. The van der Waals surface area contributed by atoms with E-state index in [0.29, 0.717) is 16.5 Å². The summed E-state index contributed by atoms with van der Waals surface area (Å²) in [5, 5.41) is 9.69. The molecule has 0 unspecified atom stereocenters. The number of methoxy groups -OCH3 is 1. The van der Waals surface area contributed by atoms with Gasteiger partial charge in [-0.1, -0.05) is 0 Å². The fourth-order valence-corrected chi connectivity index (χ4v) is 1.55. The van der Waals surface area contributed by atoms with Gasteiger partial charge in [0.15, 0.2) is 0 Å². The van der Waals surface area contributed by atoms with E-state index >= 15 is 0 Å². The molecule has 2 rings (SSSR count). The Balaban J connectivity index is 2.72. The number of benzene rings is 2. The Morgan fingerprint density at radius 2 is 2.06 bits per heavy atom. The molecule has 0 fully saturated rings. The van der Waals surface area contributed by atoms with Crippen LogP contribution in [0.3, 0.4) is 0 Å². The maximum absolute atomic E-state index is 13.5. The van der Waals surface area contributed by atoms with Crippen molar-refractivity contribution in [2.24, 2.45) is 0 Å². The van der Waals surface area contributed by atoms with Crippen molar-refractivity contribution in [3.8, 4) is 5.75 Å². The van der Waals surface area contributed by atoms with E-state index in [0.717, 1.165) is 6.07 Å². The van der Waals surface area contributed by atoms with Crippen molar-refractivity contribution in [1.82, 2.24) is 0 Å². The van der Waals surface area contributed by atoms with E-state index in [4.69, 9.17) is 9.84 Å². The molecular weight excluding hydrogens is 211 g/mol. The molecule has 0 saturated carbocycles. The van der Waals surface area contributed by atoms with Crippen LogP contribution in [0.1, 0.15) is 10.4 Å². The van der Waals surface area contributed by atoms with Crippen LogP contribution >= 0.6 is 0 Å². The smallest absolute Gasteiger partial charge is 0.335 e. The number of fused-ring (bicyclic) bond motifs is 1. The summed E-state index contributed by atoms with van der Waals surface area (Å²) in [6, 6.07) is 7.23. The molecule has 16 heavy (non-hydrogen) atoms. The molecule has 0 aromatic heterocycles.